The normalized spacial score (nSPS) is 30.5. The molecule has 102 valence electrons. The molecule has 1 saturated carbocycles. The van der Waals surface area contributed by atoms with Gasteiger partial charge in [-0.25, -0.2) is 15.0 Å². The van der Waals surface area contributed by atoms with Gasteiger partial charge in [-0.15, -0.1) is 0 Å². The van der Waals surface area contributed by atoms with E-state index < -0.39 is 12.2 Å². The highest BCUT2D eigenvalue weighted by molar-refractivity contribution is 5.81. The van der Waals surface area contributed by atoms with Crippen LogP contribution in [-0.2, 0) is 6.54 Å². The van der Waals surface area contributed by atoms with Crippen molar-refractivity contribution in [3.8, 4) is 0 Å². The molecule has 2 aromatic rings. The third kappa shape index (κ3) is 1.76. The first-order valence-corrected chi connectivity index (χ1v) is 6.01. The van der Waals surface area contributed by atoms with E-state index >= 15 is 0 Å². The molecule has 2 aromatic heterocycles. The number of nitrogens with zero attached hydrogens (tertiary/aromatic N) is 4. The average Bonchev–Trinajstić information content (AvgIpc) is 2.83. The number of fused-ring (bicyclic) bond motifs is 1. The van der Waals surface area contributed by atoms with E-state index in [1.807, 2.05) is 0 Å². The lowest BCUT2D eigenvalue weighted by atomic mass is 9.68. The van der Waals surface area contributed by atoms with E-state index in [0.29, 0.717) is 23.5 Å². The first kappa shape index (κ1) is 12.3. The Balaban J connectivity index is 1.88. The van der Waals surface area contributed by atoms with Gasteiger partial charge in [-0.2, -0.15) is 0 Å². The topological polar surface area (TPSA) is 130 Å². The summed E-state index contributed by atoms with van der Waals surface area (Å²) in [6.45, 7) is 0.253. The minimum absolute atomic E-state index is 0.160. The quantitative estimate of drug-likeness (QED) is 0.524. The number of nitrogens with two attached hydrogens (primary N) is 1. The third-order valence-corrected chi connectivity index (χ3v) is 3.83. The Morgan fingerprint density at radius 3 is 2.63 bits per heavy atom. The maximum absolute atomic E-state index is 9.75. The van der Waals surface area contributed by atoms with Crippen molar-refractivity contribution in [1.82, 2.24) is 19.5 Å². The summed E-state index contributed by atoms with van der Waals surface area (Å²) in [7, 11) is 0. The lowest BCUT2D eigenvalue weighted by Crippen LogP contribution is -2.58. The number of rotatable bonds is 3. The Morgan fingerprint density at radius 1 is 1.16 bits per heavy atom. The van der Waals surface area contributed by atoms with Crippen LogP contribution in [0.5, 0.6) is 0 Å². The van der Waals surface area contributed by atoms with Gasteiger partial charge in [-0.1, -0.05) is 0 Å². The highest BCUT2D eigenvalue weighted by Crippen LogP contribution is 2.36. The molecule has 8 nitrogen and oxygen atoms in total. The summed E-state index contributed by atoms with van der Waals surface area (Å²) in [6.07, 6.45) is 1.21. The summed E-state index contributed by atoms with van der Waals surface area (Å²) < 4.78 is 1.75. The van der Waals surface area contributed by atoms with Crippen molar-refractivity contribution in [2.24, 2.45) is 11.8 Å². The molecule has 0 bridgehead atoms. The molecule has 1 fully saturated rings. The summed E-state index contributed by atoms with van der Waals surface area (Å²) in [6, 6.07) is 0. The molecule has 0 aromatic carbocycles. The maximum Gasteiger partial charge on any atom is 0.165 e. The molecule has 0 amide bonds. The number of hydrogen-bond donors (Lipinski definition) is 4. The molecule has 0 unspecified atom stereocenters. The number of aliphatic hydroxyl groups is 3. The van der Waals surface area contributed by atoms with Gasteiger partial charge in [0.05, 0.1) is 18.5 Å². The van der Waals surface area contributed by atoms with E-state index in [4.69, 9.17) is 5.73 Å². The Kier molecular flexibility index (Phi) is 2.85. The van der Waals surface area contributed by atoms with Crippen LogP contribution in [0.2, 0.25) is 0 Å². The van der Waals surface area contributed by atoms with Gasteiger partial charge >= 0.3 is 0 Å². The van der Waals surface area contributed by atoms with Crippen LogP contribution in [0, 0.1) is 11.8 Å². The van der Waals surface area contributed by atoms with Crippen LogP contribution in [-0.4, -0.2) is 53.7 Å². The van der Waals surface area contributed by atoms with Crippen LogP contribution in [0.4, 0.5) is 5.82 Å². The molecule has 0 spiro atoms. The monoisotopic (exact) mass is 265 g/mol. The van der Waals surface area contributed by atoms with E-state index in [2.05, 4.69) is 15.0 Å². The lowest BCUT2D eigenvalue weighted by molar-refractivity contribution is -0.171. The minimum atomic E-state index is -0.871. The molecule has 8 heteroatoms. The fraction of sp³-hybridized carbons (Fsp3) is 0.545. The summed E-state index contributed by atoms with van der Waals surface area (Å²) in [5.74, 6) is -0.253. The average molecular weight is 265 g/mol. The molecule has 0 aliphatic heterocycles. The van der Waals surface area contributed by atoms with Gasteiger partial charge in [-0.3, -0.25) is 0 Å². The number of aliphatic hydroxyl groups excluding tert-OH is 3. The van der Waals surface area contributed by atoms with Crippen molar-refractivity contribution < 1.29 is 15.3 Å². The summed E-state index contributed by atoms with van der Waals surface area (Å²) >= 11 is 0. The molecule has 1 aliphatic carbocycles. The van der Waals surface area contributed by atoms with Gasteiger partial charge in [0.1, 0.15) is 11.8 Å². The van der Waals surface area contributed by atoms with Gasteiger partial charge in [0, 0.05) is 25.0 Å². The van der Waals surface area contributed by atoms with Crippen LogP contribution in [0.25, 0.3) is 11.2 Å². The number of nitrogen functional groups attached to an aromatic ring is 1. The van der Waals surface area contributed by atoms with Crippen molar-refractivity contribution in [3.63, 3.8) is 0 Å². The Hall–Kier alpha value is -1.77. The minimum Gasteiger partial charge on any atom is -0.396 e. The summed E-state index contributed by atoms with van der Waals surface area (Å²) in [4.78, 5) is 12.1. The van der Waals surface area contributed by atoms with Crippen LogP contribution in [0.15, 0.2) is 12.7 Å². The molecule has 3 rings (SSSR count). The lowest BCUT2D eigenvalue weighted by Gasteiger charge is -2.45. The molecular weight excluding hydrogens is 250 g/mol. The van der Waals surface area contributed by atoms with Gasteiger partial charge < -0.3 is 25.6 Å². The molecule has 5 N–H and O–H groups in total. The van der Waals surface area contributed by atoms with Crippen LogP contribution < -0.4 is 5.73 Å². The number of aromatic nitrogens is 4. The van der Waals surface area contributed by atoms with E-state index in [1.54, 1.807) is 10.9 Å². The Labute approximate surface area is 108 Å². The Morgan fingerprint density at radius 2 is 1.89 bits per heavy atom. The van der Waals surface area contributed by atoms with Gasteiger partial charge in [-0.05, 0) is 0 Å². The fourth-order valence-electron chi connectivity index (χ4n) is 2.61. The second-order valence-corrected chi connectivity index (χ2v) is 4.82. The Bertz CT molecular complexity index is 601. The fourth-order valence-corrected chi connectivity index (χ4v) is 2.61. The number of imidazole rings is 1. The summed E-state index contributed by atoms with van der Waals surface area (Å²) in [5, 5.41) is 28.5. The van der Waals surface area contributed by atoms with Crippen LogP contribution in [0.3, 0.4) is 0 Å². The third-order valence-electron chi connectivity index (χ3n) is 3.83. The van der Waals surface area contributed by atoms with Crippen molar-refractivity contribution >= 4 is 17.0 Å². The zero-order valence-corrected chi connectivity index (χ0v) is 10.1. The maximum atomic E-state index is 9.75. The second-order valence-electron chi connectivity index (χ2n) is 4.82. The first-order chi connectivity index (χ1) is 9.13. The standard InChI is InChI=1S/C11H15N5O3/c12-10-7-11(14-3-13-10)16(4-15-7)1-5-6(2-17)9(19)8(5)18/h3-6,8-9,17-19H,1-2H2,(H2,12,13,14)/t5-,6+,8-,9+/m1/s1. The van der Waals surface area contributed by atoms with Crippen molar-refractivity contribution in [1.29, 1.82) is 0 Å². The zero-order chi connectivity index (χ0) is 13.6. The van der Waals surface area contributed by atoms with Crippen LogP contribution >= 0.6 is 0 Å². The van der Waals surface area contributed by atoms with Crippen molar-refractivity contribution in [2.45, 2.75) is 18.8 Å². The smallest absolute Gasteiger partial charge is 0.165 e. The molecular formula is C11H15N5O3. The number of anilines is 1. The van der Waals surface area contributed by atoms with Crippen molar-refractivity contribution in [2.75, 3.05) is 12.3 Å². The number of hydrogen-bond acceptors (Lipinski definition) is 7. The summed E-state index contributed by atoms with van der Waals surface area (Å²) in [5.41, 5.74) is 6.79. The van der Waals surface area contributed by atoms with Gasteiger partial charge in [0.2, 0.25) is 0 Å². The molecule has 2 heterocycles. The highest BCUT2D eigenvalue weighted by Gasteiger charge is 2.48. The molecule has 4 atom stereocenters. The van der Waals surface area contributed by atoms with E-state index in [1.165, 1.54) is 6.33 Å². The highest BCUT2D eigenvalue weighted by atomic mass is 16.3. The van der Waals surface area contributed by atoms with Gasteiger partial charge in [0.15, 0.2) is 11.5 Å². The van der Waals surface area contributed by atoms with Crippen LogP contribution in [0.1, 0.15) is 0 Å². The SMILES string of the molecule is Nc1ncnc2c1ncn2C[C@H]1[C@@H](O)[C@@H](O)[C@H]1CO. The van der Waals surface area contributed by atoms with Gasteiger partial charge in [0.25, 0.3) is 0 Å². The largest absolute Gasteiger partial charge is 0.396 e. The predicted octanol–water partition coefficient (Wildman–Crippen LogP) is -1.63. The predicted molar refractivity (Wildman–Crippen MR) is 65.8 cm³/mol. The first-order valence-electron chi connectivity index (χ1n) is 6.01. The van der Waals surface area contributed by atoms with E-state index in [9.17, 15) is 15.3 Å². The van der Waals surface area contributed by atoms with E-state index in [-0.39, 0.29) is 18.4 Å². The molecule has 1 aliphatic rings. The second kappa shape index (κ2) is 4.41. The molecule has 19 heavy (non-hydrogen) atoms. The zero-order valence-electron chi connectivity index (χ0n) is 10.1. The molecule has 0 radical (unpaired) electrons. The molecule has 0 saturated heterocycles. The van der Waals surface area contributed by atoms with E-state index in [0.717, 1.165) is 0 Å². The van der Waals surface area contributed by atoms with Crippen molar-refractivity contribution in [3.05, 3.63) is 12.7 Å².